The van der Waals surface area contributed by atoms with E-state index in [0.717, 1.165) is 25.8 Å². The third-order valence-electron chi connectivity index (χ3n) is 3.17. The van der Waals surface area contributed by atoms with Crippen molar-refractivity contribution in [3.05, 3.63) is 12.7 Å². The fourth-order valence-corrected chi connectivity index (χ4v) is 1.91. The molecule has 0 bridgehead atoms. The summed E-state index contributed by atoms with van der Waals surface area (Å²) < 4.78 is 0. The number of rotatable bonds is 3. The SMILES string of the molecule is C=CCNC1(C)CCCC1(C)O. The van der Waals surface area contributed by atoms with Crippen LogP contribution in [0.1, 0.15) is 33.1 Å². The topological polar surface area (TPSA) is 32.3 Å². The maximum atomic E-state index is 10.0. The van der Waals surface area contributed by atoms with Gasteiger partial charge in [-0.1, -0.05) is 6.08 Å². The first kappa shape index (κ1) is 9.75. The molecule has 1 aliphatic carbocycles. The quantitative estimate of drug-likeness (QED) is 0.627. The second-order valence-corrected chi connectivity index (χ2v) is 4.13. The van der Waals surface area contributed by atoms with Crippen molar-refractivity contribution in [2.24, 2.45) is 0 Å². The van der Waals surface area contributed by atoms with E-state index in [2.05, 4.69) is 18.8 Å². The average molecular weight is 169 g/mol. The molecular formula is C10H19NO. The molecule has 2 N–H and O–H groups in total. The summed E-state index contributed by atoms with van der Waals surface area (Å²) in [6.45, 7) is 8.43. The molecule has 0 aromatic carbocycles. The van der Waals surface area contributed by atoms with Crippen LogP contribution in [0, 0.1) is 0 Å². The van der Waals surface area contributed by atoms with Crippen molar-refractivity contribution < 1.29 is 5.11 Å². The minimum Gasteiger partial charge on any atom is -0.388 e. The number of hydrogen-bond donors (Lipinski definition) is 2. The summed E-state index contributed by atoms with van der Waals surface area (Å²) >= 11 is 0. The van der Waals surface area contributed by atoms with Crippen LogP contribution in [0.3, 0.4) is 0 Å². The molecule has 2 unspecified atom stereocenters. The standard InChI is InChI=1S/C10H19NO/c1-4-8-11-9(2)6-5-7-10(9,3)12/h4,11-12H,1,5-8H2,2-3H3. The van der Waals surface area contributed by atoms with E-state index in [-0.39, 0.29) is 5.54 Å². The Balaban J connectivity index is 2.62. The molecule has 0 aromatic rings. The van der Waals surface area contributed by atoms with E-state index in [9.17, 15) is 5.11 Å². The maximum absolute atomic E-state index is 10.0. The Hall–Kier alpha value is -0.340. The van der Waals surface area contributed by atoms with Crippen molar-refractivity contribution in [3.8, 4) is 0 Å². The van der Waals surface area contributed by atoms with Gasteiger partial charge in [-0.15, -0.1) is 6.58 Å². The third kappa shape index (κ3) is 1.54. The van der Waals surface area contributed by atoms with E-state index in [0.29, 0.717) is 0 Å². The summed E-state index contributed by atoms with van der Waals surface area (Å²) in [6, 6.07) is 0. The van der Waals surface area contributed by atoms with Gasteiger partial charge in [0, 0.05) is 12.1 Å². The number of hydrogen-bond acceptors (Lipinski definition) is 2. The summed E-state index contributed by atoms with van der Waals surface area (Å²) in [5, 5.41) is 13.4. The molecule has 2 atom stereocenters. The van der Waals surface area contributed by atoms with Gasteiger partial charge in [-0.25, -0.2) is 0 Å². The van der Waals surface area contributed by atoms with Crippen LogP contribution in [-0.4, -0.2) is 22.8 Å². The van der Waals surface area contributed by atoms with Crippen LogP contribution in [0.4, 0.5) is 0 Å². The minimum absolute atomic E-state index is 0.124. The summed E-state index contributed by atoms with van der Waals surface area (Å²) in [7, 11) is 0. The van der Waals surface area contributed by atoms with Crippen LogP contribution < -0.4 is 5.32 Å². The molecule has 1 aliphatic rings. The smallest absolute Gasteiger partial charge is 0.0797 e. The molecule has 0 aliphatic heterocycles. The Bertz CT molecular complexity index is 177. The lowest BCUT2D eigenvalue weighted by Crippen LogP contribution is -2.55. The average Bonchev–Trinajstić information content (AvgIpc) is 2.24. The molecule has 0 saturated heterocycles. The van der Waals surface area contributed by atoms with Crippen LogP contribution >= 0.6 is 0 Å². The zero-order chi connectivity index (χ0) is 9.24. The Morgan fingerprint density at radius 2 is 2.17 bits per heavy atom. The van der Waals surface area contributed by atoms with Crippen molar-refractivity contribution in [3.63, 3.8) is 0 Å². The molecule has 1 rings (SSSR count). The van der Waals surface area contributed by atoms with Crippen LogP contribution in [0.2, 0.25) is 0 Å². The first-order valence-corrected chi connectivity index (χ1v) is 4.60. The molecule has 0 heterocycles. The van der Waals surface area contributed by atoms with Crippen molar-refractivity contribution >= 4 is 0 Å². The molecule has 70 valence electrons. The zero-order valence-corrected chi connectivity index (χ0v) is 8.06. The minimum atomic E-state index is -0.560. The lowest BCUT2D eigenvalue weighted by Gasteiger charge is -2.37. The van der Waals surface area contributed by atoms with Gasteiger partial charge in [0.1, 0.15) is 0 Å². The molecule has 1 fully saturated rings. The normalized spacial score (nSPS) is 41.6. The summed E-state index contributed by atoms with van der Waals surface area (Å²) in [4.78, 5) is 0. The van der Waals surface area contributed by atoms with E-state index in [1.165, 1.54) is 0 Å². The molecule has 1 saturated carbocycles. The van der Waals surface area contributed by atoms with E-state index in [1.54, 1.807) is 0 Å². The Morgan fingerprint density at radius 1 is 1.50 bits per heavy atom. The Kier molecular flexibility index (Phi) is 2.59. The van der Waals surface area contributed by atoms with E-state index in [1.807, 2.05) is 13.0 Å². The number of aliphatic hydroxyl groups is 1. The maximum Gasteiger partial charge on any atom is 0.0797 e. The lowest BCUT2D eigenvalue weighted by atomic mass is 9.86. The van der Waals surface area contributed by atoms with Crippen molar-refractivity contribution in [1.29, 1.82) is 0 Å². The lowest BCUT2D eigenvalue weighted by molar-refractivity contribution is -0.00474. The highest BCUT2D eigenvalue weighted by atomic mass is 16.3. The molecule has 0 radical (unpaired) electrons. The van der Waals surface area contributed by atoms with Gasteiger partial charge in [0.05, 0.1) is 5.60 Å². The monoisotopic (exact) mass is 169 g/mol. The molecule has 12 heavy (non-hydrogen) atoms. The van der Waals surface area contributed by atoms with E-state index < -0.39 is 5.60 Å². The van der Waals surface area contributed by atoms with Gasteiger partial charge < -0.3 is 10.4 Å². The van der Waals surface area contributed by atoms with Crippen molar-refractivity contribution in [2.75, 3.05) is 6.54 Å². The first-order valence-electron chi connectivity index (χ1n) is 4.60. The molecule has 0 aromatic heterocycles. The fraction of sp³-hybridized carbons (Fsp3) is 0.800. The van der Waals surface area contributed by atoms with Gasteiger partial charge in [-0.3, -0.25) is 0 Å². The summed E-state index contributed by atoms with van der Waals surface area (Å²) in [5.74, 6) is 0. The largest absolute Gasteiger partial charge is 0.388 e. The van der Waals surface area contributed by atoms with Crippen molar-refractivity contribution in [1.82, 2.24) is 5.32 Å². The zero-order valence-electron chi connectivity index (χ0n) is 8.06. The van der Waals surface area contributed by atoms with Crippen LogP contribution in [0.5, 0.6) is 0 Å². The molecular weight excluding hydrogens is 150 g/mol. The second kappa shape index (κ2) is 3.19. The van der Waals surface area contributed by atoms with Gasteiger partial charge in [-0.05, 0) is 33.1 Å². The third-order valence-corrected chi connectivity index (χ3v) is 3.17. The summed E-state index contributed by atoms with van der Waals surface area (Å²) in [5.41, 5.74) is -0.683. The molecule has 2 heteroatoms. The van der Waals surface area contributed by atoms with Crippen LogP contribution in [-0.2, 0) is 0 Å². The van der Waals surface area contributed by atoms with Gasteiger partial charge in [0.2, 0.25) is 0 Å². The predicted octanol–water partition coefficient (Wildman–Crippen LogP) is 1.46. The predicted molar refractivity (Wildman–Crippen MR) is 51.1 cm³/mol. The van der Waals surface area contributed by atoms with Gasteiger partial charge >= 0.3 is 0 Å². The molecule has 0 spiro atoms. The molecule has 2 nitrogen and oxygen atoms in total. The second-order valence-electron chi connectivity index (χ2n) is 4.13. The van der Waals surface area contributed by atoms with Gasteiger partial charge in [-0.2, -0.15) is 0 Å². The summed E-state index contributed by atoms with van der Waals surface area (Å²) in [6.07, 6.45) is 4.88. The van der Waals surface area contributed by atoms with E-state index >= 15 is 0 Å². The number of nitrogens with one attached hydrogen (secondary N) is 1. The highest BCUT2D eigenvalue weighted by Gasteiger charge is 2.46. The first-order chi connectivity index (χ1) is 5.52. The van der Waals surface area contributed by atoms with Gasteiger partial charge in [0.25, 0.3) is 0 Å². The highest BCUT2D eigenvalue weighted by Crippen LogP contribution is 2.38. The Morgan fingerprint density at radius 3 is 2.58 bits per heavy atom. The van der Waals surface area contributed by atoms with Crippen molar-refractivity contribution in [2.45, 2.75) is 44.2 Å². The molecule has 0 amide bonds. The fourth-order valence-electron chi connectivity index (χ4n) is 1.91. The highest BCUT2D eigenvalue weighted by molar-refractivity contribution is 5.05. The van der Waals surface area contributed by atoms with E-state index in [4.69, 9.17) is 0 Å². The van der Waals surface area contributed by atoms with Crippen LogP contribution in [0.25, 0.3) is 0 Å². The van der Waals surface area contributed by atoms with Crippen LogP contribution in [0.15, 0.2) is 12.7 Å². The van der Waals surface area contributed by atoms with Gasteiger partial charge in [0.15, 0.2) is 0 Å². The Labute approximate surface area is 74.7 Å².